The minimum absolute atomic E-state index is 0.194. The topological polar surface area (TPSA) is 56.1 Å². The third-order valence-electron chi connectivity index (χ3n) is 4.07. The molecule has 5 heteroatoms. The second-order valence-electron chi connectivity index (χ2n) is 5.87. The Labute approximate surface area is 141 Å². The van der Waals surface area contributed by atoms with Gasteiger partial charge in [0.25, 0.3) is 5.56 Å². The summed E-state index contributed by atoms with van der Waals surface area (Å²) in [6, 6.07) is 7.96. The van der Waals surface area contributed by atoms with E-state index >= 15 is 0 Å². The van der Waals surface area contributed by atoms with Gasteiger partial charge >= 0.3 is 0 Å². The lowest BCUT2D eigenvalue weighted by Gasteiger charge is -2.23. The predicted molar refractivity (Wildman–Crippen MR) is 94.0 cm³/mol. The number of rotatable bonds is 2. The third-order valence-corrected chi connectivity index (χ3v) is 4.07. The van der Waals surface area contributed by atoms with Gasteiger partial charge in [-0.3, -0.25) is 4.79 Å². The third kappa shape index (κ3) is 3.50. The van der Waals surface area contributed by atoms with Crippen LogP contribution in [-0.2, 0) is 4.74 Å². The summed E-state index contributed by atoms with van der Waals surface area (Å²) in [5.74, 6) is 6.12. The molecule has 1 fully saturated rings. The van der Waals surface area contributed by atoms with Gasteiger partial charge in [0, 0.05) is 19.2 Å². The van der Waals surface area contributed by atoms with Crippen LogP contribution in [0.25, 0.3) is 0 Å². The number of ether oxygens (including phenoxy) is 1. The minimum Gasteiger partial charge on any atom is -0.383 e. The molecule has 0 saturated carbocycles. The molecular weight excluding hydrogens is 302 g/mol. The summed E-state index contributed by atoms with van der Waals surface area (Å²) < 4.78 is 7.08. The molecule has 3 rings (SSSR count). The SMILES string of the molecule is CNc1c(C#Cc2ccc(C)cc2)cnn(C2CCCCO2)c1=O. The molecule has 0 bridgehead atoms. The number of hydrogen-bond donors (Lipinski definition) is 1. The molecule has 1 N–H and O–H groups in total. The number of nitrogens with zero attached hydrogens (tertiary/aromatic N) is 2. The number of nitrogens with one attached hydrogen (secondary N) is 1. The summed E-state index contributed by atoms with van der Waals surface area (Å²) in [7, 11) is 1.72. The van der Waals surface area contributed by atoms with Crippen molar-refractivity contribution in [2.24, 2.45) is 0 Å². The highest BCUT2D eigenvalue weighted by molar-refractivity contribution is 5.57. The van der Waals surface area contributed by atoms with Crippen molar-refractivity contribution in [1.82, 2.24) is 9.78 Å². The van der Waals surface area contributed by atoms with Crippen molar-refractivity contribution in [2.75, 3.05) is 19.0 Å². The van der Waals surface area contributed by atoms with E-state index in [1.54, 1.807) is 13.2 Å². The standard InChI is InChI=1S/C19H21N3O2/c1-14-6-8-15(9-7-14)10-11-16-13-21-22(19(23)18(16)20-2)17-5-3-4-12-24-17/h6-9,13,17,20H,3-5,12H2,1-2H3. The normalized spacial score (nSPS) is 17.0. The van der Waals surface area contributed by atoms with E-state index in [0.29, 0.717) is 17.9 Å². The highest BCUT2D eigenvalue weighted by Gasteiger charge is 2.20. The van der Waals surface area contributed by atoms with Crippen LogP contribution in [0.5, 0.6) is 0 Å². The van der Waals surface area contributed by atoms with Crippen molar-refractivity contribution in [3.63, 3.8) is 0 Å². The monoisotopic (exact) mass is 323 g/mol. The molecule has 0 radical (unpaired) electrons. The Morgan fingerprint density at radius 3 is 2.71 bits per heavy atom. The van der Waals surface area contributed by atoms with Crippen LogP contribution in [0.4, 0.5) is 5.69 Å². The summed E-state index contributed by atoms with van der Waals surface area (Å²) >= 11 is 0. The Balaban J connectivity index is 1.93. The first-order chi connectivity index (χ1) is 11.7. The van der Waals surface area contributed by atoms with Gasteiger partial charge in [0.05, 0.1) is 11.8 Å². The predicted octanol–water partition coefficient (Wildman–Crippen LogP) is 2.69. The van der Waals surface area contributed by atoms with Crippen LogP contribution in [0, 0.1) is 18.8 Å². The second kappa shape index (κ2) is 7.33. The molecule has 24 heavy (non-hydrogen) atoms. The highest BCUT2D eigenvalue weighted by atomic mass is 16.5. The Kier molecular flexibility index (Phi) is 4.97. The summed E-state index contributed by atoms with van der Waals surface area (Å²) in [6.45, 7) is 2.70. The zero-order valence-corrected chi connectivity index (χ0v) is 14.0. The van der Waals surface area contributed by atoms with Gasteiger partial charge in [-0.1, -0.05) is 29.5 Å². The molecule has 1 unspecified atom stereocenters. The first kappa shape index (κ1) is 16.3. The van der Waals surface area contributed by atoms with Crippen molar-refractivity contribution >= 4 is 5.69 Å². The molecule has 1 saturated heterocycles. The molecule has 1 atom stereocenters. The van der Waals surface area contributed by atoms with Crippen molar-refractivity contribution in [2.45, 2.75) is 32.4 Å². The van der Waals surface area contributed by atoms with Crippen molar-refractivity contribution in [3.8, 4) is 11.8 Å². The van der Waals surface area contributed by atoms with Gasteiger partial charge < -0.3 is 10.1 Å². The number of hydrogen-bond acceptors (Lipinski definition) is 4. The zero-order chi connectivity index (χ0) is 16.9. The van der Waals surface area contributed by atoms with Gasteiger partial charge in [-0.05, 0) is 38.3 Å². The average Bonchev–Trinajstić information content (AvgIpc) is 2.62. The summed E-state index contributed by atoms with van der Waals surface area (Å²) in [4.78, 5) is 12.7. The van der Waals surface area contributed by atoms with E-state index in [1.807, 2.05) is 31.2 Å². The Morgan fingerprint density at radius 1 is 1.25 bits per heavy atom. The first-order valence-electron chi connectivity index (χ1n) is 8.19. The van der Waals surface area contributed by atoms with Crippen molar-refractivity contribution in [1.29, 1.82) is 0 Å². The fourth-order valence-corrected chi connectivity index (χ4v) is 2.70. The van der Waals surface area contributed by atoms with E-state index in [9.17, 15) is 4.79 Å². The number of aromatic nitrogens is 2. The zero-order valence-electron chi connectivity index (χ0n) is 14.0. The van der Waals surface area contributed by atoms with Crippen LogP contribution in [0.15, 0.2) is 35.3 Å². The minimum atomic E-state index is -0.280. The van der Waals surface area contributed by atoms with Crippen molar-refractivity contribution < 1.29 is 4.74 Å². The van der Waals surface area contributed by atoms with Gasteiger partial charge in [0.2, 0.25) is 0 Å². The summed E-state index contributed by atoms with van der Waals surface area (Å²) in [6.07, 6.45) is 4.24. The fourth-order valence-electron chi connectivity index (χ4n) is 2.70. The van der Waals surface area contributed by atoms with Crippen LogP contribution in [0.1, 0.15) is 42.2 Å². The Morgan fingerprint density at radius 2 is 2.04 bits per heavy atom. The smallest absolute Gasteiger partial charge is 0.293 e. The highest BCUT2D eigenvalue weighted by Crippen LogP contribution is 2.21. The Hall–Kier alpha value is -2.58. The second-order valence-corrected chi connectivity index (χ2v) is 5.87. The largest absolute Gasteiger partial charge is 0.383 e. The lowest BCUT2D eigenvalue weighted by molar-refractivity contribution is -0.0423. The molecule has 1 aromatic carbocycles. The van der Waals surface area contributed by atoms with E-state index in [0.717, 1.165) is 24.8 Å². The average molecular weight is 323 g/mol. The van der Waals surface area contributed by atoms with Crippen molar-refractivity contribution in [3.05, 3.63) is 57.5 Å². The molecular formula is C19H21N3O2. The van der Waals surface area contributed by atoms with Gasteiger partial charge in [0.1, 0.15) is 5.69 Å². The van der Waals surface area contributed by atoms with Gasteiger partial charge in [-0.2, -0.15) is 9.78 Å². The number of anilines is 1. The molecule has 2 aromatic rings. The van der Waals surface area contributed by atoms with Gasteiger partial charge in [0.15, 0.2) is 6.23 Å². The maximum Gasteiger partial charge on any atom is 0.293 e. The van der Waals surface area contributed by atoms with Crippen LogP contribution in [-0.4, -0.2) is 23.4 Å². The molecule has 0 spiro atoms. The summed E-state index contributed by atoms with van der Waals surface area (Å²) in [5, 5.41) is 7.23. The van der Waals surface area contributed by atoms with E-state index in [-0.39, 0.29) is 11.8 Å². The Bertz CT molecular complexity index is 822. The van der Waals surface area contributed by atoms with E-state index in [1.165, 1.54) is 10.2 Å². The van der Waals surface area contributed by atoms with Crippen LogP contribution < -0.4 is 10.9 Å². The van der Waals surface area contributed by atoms with Gasteiger partial charge in [-0.15, -0.1) is 0 Å². The lowest BCUT2D eigenvalue weighted by atomic mass is 10.1. The molecule has 0 aliphatic carbocycles. The fraction of sp³-hybridized carbons (Fsp3) is 0.368. The quantitative estimate of drug-likeness (QED) is 0.863. The number of benzene rings is 1. The molecule has 1 aliphatic heterocycles. The van der Waals surface area contributed by atoms with E-state index < -0.39 is 0 Å². The lowest BCUT2D eigenvalue weighted by Crippen LogP contribution is -2.32. The van der Waals surface area contributed by atoms with Crippen LogP contribution >= 0.6 is 0 Å². The first-order valence-corrected chi connectivity index (χ1v) is 8.19. The van der Waals surface area contributed by atoms with Crippen LogP contribution in [0.3, 0.4) is 0 Å². The van der Waals surface area contributed by atoms with Crippen LogP contribution in [0.2, 0.25) is 0 Å². The molecule has 1 aliphatic rings. The molecule has 1 aromatic heterocycles. The molecule has 5 nitrogen and oxygen atoms in total. The summed E-state index contributed by atoms with van der Waals surface area (Å²) in [5.41, 5.74) is 2.95. The maximum absolute atomic E-state index is 12.7. The van der Waals surface area contributed by atoms with Gasteiger partial charge in [-0.25, -0.2) is 0 Å². The van der Waals surface area contributed by atoms with E-state index in [2.05, 4.69) is 22.3 Å². The number of aryl methyl sites for hydroxylation is 1. The molecule has 0 amide bonds. The maximum atomic E-state index is 12.7. The van der Waals surface area contributed by atoms with E-state index in [4.69, 9.17) is 4.74 Å². The molecule has 2 heterocycles. The molecule has 124 valence electrons.